The van der Waals surface area contributed by atoms with Crippen molar-refractivity contribution in [2.75, 3.05) is 12.4 Å². The summed E-state index contributed by atoms with van der Waals surface area (Å²) in [6.45, 7) is 1.82. The number of hydrogen-bond donors (Lipinski definition) is 1. The number of alkyl halides is 3. The number of ether oxygens (including phenoxy) is 1. The molecular formula is C19H16F3N3O2S. The number of thiazole rings is 1. The monoisotopic (exact) mass is 407 g/mol. The van der Waals surface area contributed by atoms with Crippen molar-refractivity contribution in [3.05, 3.63) is 70.0 Å². The van der Waals surface area contributed by atoms with Crippen molar-refractivity contribution in [1.82, 2.24) is 4.57 Å². The van der Waals surface area contributed by atoms with Gasteiger partial charge in [0, 0.05) is 28.5 Å². The number of benzene rings is 2. The molecule has 0 unspecified atom stereocenters. The average Bonchev–Trinajstić information content (AvgIpc) is 3.01. The van der Waals surface area contributed by atoms with E-state index in [1.54, 1.807) is 35.0 Å². The van der Waals surface area contributed by atoms with Gasteiger partial charge in [0.1, 0.15) is 5.75 Å². The van der Waals surface area contributed by atoms with Gasteiger partial charge in [-0.15, -0.1) is 11.3 Å². The summed E-state index contributed by atoms with van der Waals surface area (Å²) >= 11 is 1.25. The van der Waals surface area contributed by atoms with Gasteiger partial charge in [-0.1, -0.05) is 6.07 Å². The number of hydrogen-bond acceptors (Lipinski definition) is 3. The summed E-state index contributed by atoms with van der Waals surface area (Å²) < 4.78 is 44.9. The van der Waals surface area contributed by atoms with Crippen molar-refractivity contribution in [2.45, 2.75) is 13.1 Å². The zero-order valence-corrected chi connectivity index (χ0v) is 15.8. The molecule has 2 amide bonds. The third-order valence-corrected chi connectivity index (χ3v) is 4.66. The van der Waals surface area contributed by atoms with Crippen LogP contribution in [0.2, 0.25) is 0 Å². The minimum absolute atomic E-state index is 0.345. The second-order valence-corrected chi connectivity index (χ2v) is 7.03. The molecule has 0 atom stereocenters. The first-order valence-electron chi connectivity index (χ1n) is 8.13. The highest BCUT2D eigenvalue weighted by molar-refractivity contribution is 7.09. The Labute approximate surface area is 162 Å². The maximum atomic E-state index is 12.8. The molecule has 0 fully saturated rings. The fourth-order valence-corrected chi connectivity index (χ4v) is 3.30. The van der Waals surface area contributed by atoms with E-state index in [0.717, 1.165) is 17.0 Å². The SMILES string of the molecule is COc1cccc(NC(=O)N=c2sc(C)cn2-c2ccc(C(F)(F)F)cc2)c1. The number of methoxy groups -OCH3 is 1. The highest BCUT2D eigenvalue weighted by Gasteiger charge is 2.30. The van der Waals surface area contributed by atoms with E-state index in [4.69, 9.17) is 4.74 Å². The van der Waals surface area contributed by atoms with Crippen molar-refractivity contribution in [3.8, 4) is 11.4 Å². The number of amides is 2. The minimum atomic E-state index is -4.41. The molecule has 0 saturated carbocycles. The lowest BCUT2D eigenvalue weighted by molar-refractivity contribution is -0.137. The van der Waals surface area contributed by atoms with Gasteiger partial charge < -0.3 is 10.1 Å². The largest absolute Gasteiger partial charge is 0.497 e. The summed E-state index contributed by atoms with van der Waals surface area (Å²) in [6.07, 6.45) is -2.69. The molecule has 1 heterocycles. The molecule has 0 saturated heterocycles. The van der Waals surface area contributed by atoms with Crippen LogP contribution in [0.5, 0.6) is 5.75 Å². The predicted octanol–water partition coefficient (Wildman–Crippen LogP) is 5.01. The van der Waals surface area contributed by atoms with Gasteiger partial charge in [0.2, 0.25) is 0 Å². The Bertz CT molecular complexity index is 1050. The Morgan fingerprint density at radius 2 is 1.89 bits per heavy atom. The van der Waals surface area contributed by atoms with E-state index in [2.05, 4.69) is 10.3 Å². The summed E-state index contributed by atoms with van der Waals surface area (Å²) in [6, 6.07) is 10.9. The number of nitrogens with zero attached hydrogens (tertiary/aromatic N) is 2. The van der Waals surface area contributed by atoms with Gasteiger partial charge >= 0.3 is 12.2 Å². The number of halogens is 3. The topological polar surface area (TPSA) is 55.6 Å². The molecule has 0 aliphatic carbocycles. The van der Waals surface area contributed by atoms with E-state index < -0.39 is 17.8 Å². The van der Waals surface area contributed by atoms with E-state index in [1.807, 2.05) is 6.92 Å². The molecule has 3 rings (SSSR count). The smallest absolute Gasteiger partial charge is 0.416 e. The lowest BCUT2D eigenvalue weighted by Gasteiger charge is -2.08. The number of nitrogens with one attached hydrogen (secondary N) is 1. The maximum Gasteiger partial charge on any atom is 0.416 e. The number of aryl methyl sites for hydroxylation is 1. The molecular weight excluding hydrogens is 391 g/mol. The molecule has 0 aliphatic heterocycles. The summed E-state index contributed by atoms with van der Waals surface area (Å²) in [4.78, 5) is 17.5. The molecule has 0 spiro atoms. The van der Waals surface area contributed by atoms with Gasteiger partial charge in [-0.05, 0) is 43.3 Å². The Morgan fingerprint density at radius 3 is 2.54 bits per heavy atom. The normalized spacial score (nSPS) is 12.1. The van der Waals surface area contributed by atoms with Gasteiger partial charge in [-0.25, -0.2) is 4.79 Å². The van der Waals surface area contributed by atoms with Crippen LogP contribution in [0, 0.1) is 6.92 Å². The number of aromatic nitrogens is 1. The van der Waals surface area contributed by atoms with Crippen LogP contribution in [0.1, 0.15) is 10.4 Å². The van der Waals surface area contributed by atoms with Crippen LogP contribution in [-0.4, -0.2) is 17.7 Å². The minimum Gasteiger partial charge on any atom is -0.497 e. The van der Waals surface area contributed by atoms with Crippen LogP contribution < -0.4 is 14.9 Å². The molecule has 3 aromatic rings. The number of urea groups is 1. The van der Waals surface area contributed by atoms with Gasteiger partial charge in [0.25, 0.3) is 0 Å². The molecule has 1 N–H and O–H groups in total. The second-order valence-electron chi connectivity index (χ2n) is 5.81. The Hall–Kier alpha value is -3.07. The summed E-state index contributed by atoms with van der Waals surface area (Å²) in [5.41, 5.74) is 0.255. The molecule has 9 heteroatoms. The van der Waals surface area contributed by atoms with Crippen LogP contribution in [0.15, 0.2) is 59.7 Å². The number of carbonyl (C=O) groups excluding carboxylic acids is 1. The predicted molar refractivity (Wildman–Crippen MR) is 101 cm³/mol. The fourth-order valence-electron chi connectivity index (χ4n) is 2.47. The Morgan fingerprint density at radius 1 is 1.18 bits per heavy atom. The summed E-state index contributed by atoms with van der Waals surface area (Å²) in [7, 11) is 1.52. The Kier molecular flexibility index (Phi) is 5.55. The molecule has 0 aliphatic rings. The third kappa shape index (κ3) is 4.61. The number of carbonyl (C=O) groups is 1. The van der Waals surface area contributed by atoms with Gasteiger partial charge in [0.15, 0.2) is 4.80 Å². The molecule has 0 bridgehead atoms. The number of anilines is 1. The molecule has 146 valence electrons. The van der Waals surface area contributed by atoms with Crippen molar-refractivity contribution >= 4 is 23.1 Å². The zero-order chi connectivity index (χ0) is 20.3. The van der Waals surface area contributed by atoms with Crippen LogP contribution in [-0.2, 0) is 6.18 Å². The fraction of sp³-hybridized carbons (Fsp3) is 0.158. The lowest BCUT2D eigenvalue weighted by Crippen LogP contribution is -2.17. The summed E-state index contributed by atoms with van der Waals surface area (Å²) in [5, 5.41) is 2.64. The van der Waals surface area contributed by atoms with Gasteiger partial charge in [0.05, 0.1) is 12.7 Å². The Balaban J connectivity index is 1.89. The first-order valence-corrected chi connectivity index (χ1v) is 8.94. The highest BCUT2D eigenvalue weighted by atomic mass is 32.1. The lowest BCUT2D eigenvalue weighted by atomic mass is 10.2. The standard InChI is InChI=1S/C19H16F3N3O2S/c1-12-11-25(15-8-6-13(7-9-15)19(20,21)22)18(28-12)24-17(26)23-14-4-3-5-16(10-14)27-2/h3-11H,1-2H3,(H,23,26). The van der Waals surface area contributed by atoms with Crippen molar-refractivity contribution in [1.29, 1.82) is 0 Å². The van der Waals surface area contributed by atoms with E-state index in [0.29, 0.717) is 21.9 Å². The van der Waals surface area contributed by atoms with Crippen molar-refractivity contribution < 1.29 is 22.7 Å². The molecule has 2 aromatic carbocycles. The maximum absolute atomic E-state index is 12.8. The molecule has 28 heavy (non-hydrogen) atoms. The molecule has 0 radical (unpaired) electrons. The second kappa shape index (κ2) is 7.89. The van der Waals surface area contributed by atoms with E-state index in [9.17, 15) is 18.0 Å². The zero-order valence-electron chi connectivity index (χ0n) is 14.9. The van der Waals surface area contributed by atoms with E-state index >= 15 is 0 Å². The first kappa shape index (κ1) is 19.7. The van der Waals surface area contributed by atoms with Crippen molar-refractivity contribution in [3.63, 3.8) is 0 Å². The van der Waals surface area contributed by atoms with Gasteiger partial charge in [-0.3, -0.25) is 4.57 Å². The van der Waals surface area contributed by atoms with Crippen LogP contribution in [0.4, 0.5) is 23.7 Å². The first-order chi connectivity index (χ1) is 13.3. The van der Waals surface area contributed by atoms with Crippen LogP contribution >= 0.6 is 11.3 Å². The third-order valence-electron chi connectivity index (χ3n) is 3.76. The number of rotatable bonds is 3. The molecule has 1 aromatic heterocycles. The molecule has 5 nitrogen and oxygen atoms in total. The van der Waals surface area contributed by atoms with Gasteiger partial charge in [-0.2, -0.15) is 18.2 Å². The quantitative estimate of drug-likeness (QED) is 0.664. The van der Waals surface area contributed by atoms with Crippen LogP contribution in [0.3, 0.4) is 0 Å². The van der Waals surface area contributed by atoms with Crippen LogP contribution in [0.25, 0.3) is 5.69 Å². The average molecular weight is 407 g/mol. The van der Waals surface area contributed by atoms with Crippen molar-refractivity contribution in [2.24, 2.45) is 4.99 Å². The summed E-state index contributed by atoms with van der Waals surface area (Å²) in [5.74, 6) is 0.588. The van der Waals surface area contributed by atoms with E-state index in [-0.39, 0.29) is 0 Å². The highest BCUT2D eigenvalue weighted by Crippen LogP contribution is 2.29. The van der Waals surface area contributed by atoms with E-state index in [1.165, 1.54) is 30.6 Å².